The summed E-state index contributed by atoms with van der Waals surface area (Å²) in [6, 6.07) is 0. The summed E-state index contributed by atoms with van der Waals surface area (Å²) in [6.07, 6.45) is 1.41. The Bertz CT molecular complexity index is 658. The van der Waals surface area contributed by atoms with Crippen LogP contribution >= 0.6 is 0 Å². The highest BCUT2D eigenvalue weighted by Gasteiger charge is 2.44. The summed E-state index contributed by atoms with van der Waals surface area (Å²) < 4.78 is 47.2. The fourth-order valence-corrected chi connectivity index (χ4v) is 2.65. The van der Waals surface area contributed by atoms with E-state index in [1.807, 2.05) is 6.92 Å². The van der Waals surface area contributed by atoms with Crippen molar-refractivity contribution in [2.45, 2.75) is 32.4 Å². The summed E-state index contributed by atoms with van der Waals surface area (Å²) in [4.78, 5) is 0. The highest BCUT2D eigenvalue weighted by molar-refractivity contribution is 5.42. The zero-order valence-corrected chi connectivity index (χ0v) is 12.0. The van der Waals surface area contributed by atoms with Crippen LogP contribution in [-0.2, 0) is 10.9 Å². The summed E-state index contributed by atoms with van der Waals surface area (Å²) in [5, 5.41) is 6.25. The fourth-order valence-electron chi connectivity index (χ4n) is 2.65. The van der Waals surface area contributed by atoms with Crippen LogP contribution in [0, 0.1) is 11.8 Å². The molecule has 2 unspecified atom stereocenters. The van der Waals surface area contributed by atoms with Gasteiger partial charge in [-0.1, -0.05) is 6.58 Å². The van der Waals surface area contributed by atoms with Crippen molar-refractivity contribution >= 4 is 6.08 Å². The van der Waals surface area contributed by atoms with Crippen LogP contribution in [0.1, 0.15) is 38.0 Å². The lowest BCUT2D eigenvalue weighted by Crippen LogP contribution is -2.04. The molecule has 118 valence electrons. The van der Waals surface area contributed by atoms with Gasteiger partial charge in [0, 0.05) is 12.0 Å². The molecule has 7 heteroatoms. The van der Waals surface area contributed by atoms with Crippen LogP contribution in [0.25, 0.3) is 6.08 Å². The molecular weight excluding hydrogens is 297 g/mol. The average molecular weight is 312 g/mol. The Morgan fingerprint density at radius 1 is 1.41 bits per heavy atom. The number of fused-ring (bicyclic) bond motifs is 1. The van der Waals surface area contributed by atoms with Gasteiger partial charge in [-0.05, 0) is 43.8 Å². The van der Waals surface area contributed by atoms with Crippen molar-refractivity contribution in [3.63, 3.8) is 0 Å². The molecule has 2 aliphatic rings. The lowest BCUT2D eigenvalue weighted by Gasteiger charge is -2.17. The van der Waals surface area contributed by atoms with Gasteiger partial charge in [-0.25, -0.2) is 0 Å². The second-order valence-electron chi connectivity index (χ2n) is 5.63. The number of halogens is 3. The molecule has 2 atom stereocenters. The van der Waals surface area contributed by atoms with Gasteiger partial charge in [0.25, 0.3) is 0 Å². The molecule has 0 bridgehead atoms. The summed E-state index contributed by atoms with van der Waals surface area (Å²) >= 11 is 0. The maximum Gasteiger partial charge on any atom is 0.470 e. The third kappa shape index (κ3) is 3.08. The van der Waals surface area contributed by atoms with Crippen LogP contribution in [-0.4, -0.2) is 10.2 Å². The topological polar surface area (TPSA) is 48.2 Å². The Kier molecular flexibility index (Phi) is 3.58. The van der Waals surface area contributed by atoms with Crippen molar-refractivity contribution in [1.29, 1.82) is 0 Å². The molecule has 1 aromatic heterocycles. The summed E-state index contributed by atoms with van der Waals surface area (Å²) in [5.41, 5.74) is 1.21. The lowest BCUT2D eigenvalue weighted by molar-refractivity contribution is -0.157. The van der Waals surface area contributed by atoms with E-state index in [0.29, 0.717) is 17.6 Å². The standard InChI is InChI=1S/C15H15F3N2O2/c1-8-3-5-10-7-11(10)13(8)21-9(2)4-6-12-19-20-14(22-12)15(16,17)18/h4,6,10-11H,2-3,5,7H2,1H3/b6-4-. The highest BCUT2D eigenvalue weighted by Crippen LogP contribution is 2.53. The molecule has 0 aliphatic heterocycles. The van der Waals surface area contributed by atoms with Gasteiger partial charge in [-0.2, -0.15) is 13.2 Å². The second-order valence-corrected chi connectivity index (χ2v) is 5.63. The highest BCUT2D eigenvalue weighted by atomic mass is 19.4. The van der Waals surface area contributed by atoms with E-state index in [1.165, 1.54) is 24.1 Å². The molecule has 1 fully saturated rings. The van der Waals surface area contributed by atoms with E-state index in [9.17, 15) is 13.2 Å². The molecule has 0 N–H and O–H groups in total. The van der Waals surface area contributed by atoms with Gasteiger partial charge >= 0.3 is 12.1 Å². The number of hydrogen-bond acceptors (Lipinski definition) is 4. The van der Waals surface area contributed by atoms with Gasteiger partial charge in [-0.15, -0.1) is 10.2 Å². The van der Waals surface area contributed by atoms with E-state index in [-0.39, 0.29) is 5.89 Å². The molecule has 1 saturated carbocycles. The molecular formula is C15H15F3N2O2. The zero-order valence-electron chi connectivity index (χ0n) is 12.0. The molecule has 4 nitrogen and oxygen atoms in total. The Morgan fingerprint density at radius 2 is 2.18 bits per heavy atom. The van der Waals surface area contributed by atoms with E-state index < -0.39 is 12.1 Å². The van der Waals surface area contributed by atoms with Crippen molar-refractivity contribution in [2.24, 2.45) is 11.8 Å². The van der Waals surface area contributed by atoms with E-state index >= 15 is 0 Å². The first-order valence-electron chi connectivity index (χ1n) is 7.00. The van der Waals surface area contributed by atoms with Crippen LogP contribution in [0.5, 0.6) is 0 Å². The fraction of sp³-hybridized carbons (Fsp3) is 0.467. The van der Waals surface area contributed by atoms with Crippen LogP contribution in [0.4, 0.5) is 13.2 Å². The predicted octanol–water partition coefficient (Wildman–Crippen LogP) is 4.34. The molecule has 0 saturated heterocycles. The second kappa shape index (κ2) is 5.30. The molecule has 1 aromatic rings. The Morgan fingerprint density at radius 3 is 2.86 bits per heavy atom. The van der Waals surface area contributed by atoms with Crippen LogP contribution in [0.3, 0.4) is 0 Å². The first-order chi connectivity index (χ1) is 10.3. The molecule has 1 heterocycles. The third-order valence-corrected chi connectivity index (χ3v) is 3.91. The Balaban J connectivity index is 1.63. The number of rotatable bonds is 4. The number of hydrogen-bond donors (Lipinski definition) is 0. The van der Waals surface area contributed by atoms with Crippen molar-refractivity contribution < 1.29 is 22.3 Å². The lowest BCUT2D eigenvalue weighted by atomic mass is 9.99. The van der Waals surface area contributed by atoms with Crippen molar-refractivity contribution in [2.75, 3.05) is 0 Å². The largest absolute Gasteiger partial charge is 0.470 e. The quantitative estimate of drug-likeness (QED) is 0.613. The van der Waals surface area contributed by atoms with E-state index in [2.05, 4.69) is 21.2 Å². The number of alkyl halides is 3. The molecule has 0 amide bonds. The average Bonchev–Trinajstić information content (AvgIpc) is 3.05. The van der Waals surface area contributed by atoms with Gasteiger partial charge in [0.2, 0.25) is 5.89 Å². The zero-order chi connectivity index (χ0) is 15.9. The monoisotopic (exact) mass is 312 g/mol. The van der Waals surface area contributed by atoms with Crippen molar-refractivity contribution in [1.82, 2.24) is 10.2 Å². The van der Waals surface area contributed by atoms with Crippen LogP contribution < -0.4 is 0 Å². The SMILES string of the molecule is C=C(/C=C\c1nnc(C(F)(F)F)o1)OC1=C(C)CCC2CC12. The summed E-state index contributed by atoms with van der Waals surface area (Å²) in [5.74, 6) is 0.863. The minimum Gasteiger partial charge on any atom is -0.462 e. The van der Waals surface area contributed by atoms with Gasteiger partial charge in [0.1, 0.15) is 11.5 Å². The maximum atomic E-state index is 12.3. The van der Waals surface area contributed by atoms with E-state index in [4.69, 9.17) is 4.74 Å². The number of nitrogens with zero attached hydrogens (tertiary/aromatic N) is 2. The van der Waals surface area contributed by atoms with Gasteiger partial charge in [0.05, 0.1) is 0 Å². The minimum atomic E-state index is -4.64. The van der Waals surface area contributed by atoms with Crippen LogP contribution in [0.2, 0.25) is 0 Å². The number of aromatic nitrogens is 2. The summed E-state index contributed by atoms with van der Waals surface area (Å²) in [6.45, 7) is 5.79. The third-order valence-electron chi connectivity index (χ3n) is 3.91. The van der Waals surface area contributed by atoms with Crippen LogP contribution in [0.15, 0.2) is 34.2 Å². The van der Waals surface area contributed by atoms with Gasteiger partial charge in [0.15, 0.2) is 0 Å². The number of allylic oxidation sites excluding steroid dienone is 3. The van der Waals surface area contributed by atoms with E-state index in [0.717, 1.165) is 18.6 Å². The molecule has 22 heavy (non-hydrogen) atoms. The maximum absolute atomic E-state index is 12.3. The predicted molar refractivity (Wildman–Crippen MR) is 72.1 cm³/mol. The molecule has 0 radical (unpaired) electrons. The van der Waals surface area contributed by atoms with Gasteiger partial charge < -0.3 is 9.15 Å². The normalized spacial score (nSPS) is 24.5. The molecule has 2 aliphatic carbocycles. The Labute approximate surface area is 125 Å². The smallest absolute Gasteiger partial charge is 0.462 e. The first kappa shape index (κ1) is 14.9. The molecule has 0 aromatic carbocycles. The molecule has 3 rings (SSSR count). The molecule has 0 spiro atoms. The minimum absolute atomic E-state index is 0.240. The Hall–Kier alpha value is -2.05. The van der Waals surface area contributed by atoms with Gasteiger partial charge in [-0.3, -0.25) is 0 Å². The summed E-state index contributed by atoms with van der Waals surface area (Å²) in [7, 11) is 0. The van der Waals surface area contributed by atoms with Crippen molar-refractivity contribution in [3.05, 3.63) is 41.5 Å². The first-order valence-corrected chi connectivity index (χ1v) is 7.00. The van der Waals surface area contributed by atoms with E-state index in [1.54, 1.807) is 0 Å². The number of ether oxygens (including phenoxy) is 1. The van der Waals surface area contributed by atoms with Crippen molar-refractivity contribution in [3.8, 4) is 0 Å².